The van der Waals surface area contributed by atoms with Crippen molar-refractivity contribution in [2.75, 3.05) is 13.2 Å². The number of hydrogen-bond acceptors (Lipinski definition) is 5. The van der Waals surface area contributed by atoms with E-state index in [0.717, 1.165) is 57.1 Å². The summed E-state index contributed by atoms with van der Waals surface area (Å²) in [7, 11) is 0. The van der Waals surface area contributed by atoms with Gasteiger partial charge in [-0.05, 0) is 98.8 Å². The molecular formula is C22H38N2O3. The van der Waals surface area contributed by atoms with Crippen LogP contribution in [0.25, 0.3) is 0 Å². The summed E-state index contributed by atoms with van der Waals surface area (Å²) < 4.78 is 0. The number of nitrogens with zero attached hydrogens (tertiary/aromatic N) is 1. The minimum Gasteiger partial charge on any atom is -0.396 e. The number of rotatable bonds is 4. The Morgan fingerprint density at radius 1 is 1.07 bits per heavy atom. The van der Waals surface area contributed by atoms with Gasteiger partial charge < -0.3 is 20.8 Å². The first kappa shape index (κ1) is 19.7. The molecule has 0 bridgehead atoms. The first-order valence-corrected chi connectivity index (χ1v) is 11.1. The Kier molecular flexibility index (Phi) is 5.32. The fourth-order valence-corrected chi connectivity index (χ4v) is 7.44. The standard InChI is InChI=1S/C22H38N2O3/c1-21-8-6-14(24-27-11-3-10-23)12-18(21)19(25)13-15-16-4-5-20(26)22(16,2)9-7-17(15)21/h15-20,25-26H,3-13,23H2,1-2H3/b24-14+/t15-,16-,17-,18-,19-,20-,21+,22-/m0/s1. The number of aliphatic hydroxyl groups is 2. The predicted molar refractivity (Wildman–Crippen MR) is 106 cm³/mol. The lowest BCUT2D eigenvalue weighted by Gasteiger charge is -2.61. The van der Waals surface area contributed by atoms with E-state index >= 15 is 0 Å². The van der Waals surface area contributed by atoms with Crippen molar-refractivity contribution in [2.24, 2.45) is 45.4 Å². The van der Waals surface area contributed by atoms with Gasteiger partial charge in [0, 0.05) is 0 Å². The van der Waals surface area contributed by atoms with Gasteiger partial charge in [-0.2, -0.15) is 0 Å². The molecule has 8 atom stereocenters. The van der Waals surface area contributed by atoms with Gasteiger partial charge in [-0.3, -0.25) is 0 Å². The van der Waals surface area contributed by atoms with E-state index in [0.29, 0.717) is 36.8 Å². The molecule has 4 N–H and O–H groups in total. The summed E-state index contributed by atoms with van der Waals surface area (Å²) in [4.78, 5) is 5.45. The maximum atomic E-state index is 11.1. The van der Waals surface area contributed by atoms with Crippen molar-refractivity contribution in [3.8, 4) is 0 Å². The number of fused-ring (bicyclic) bond motifs is 5. The van der Waals surface area contributed by atoms with E-state index in [2.05, 4.69) is 19.0 Å². The number of oxime groups is 1. The van der Waals surface area contributed by atoms with E-state index in [1.165, 1.54) is 6.42 Å². The number of hydrogen-bond donors (Lipinski definition) is 3. The first-order chi connectivity index (χ1) is 12.9. The van der Waals surface area contributed by atoms with Crippen molar-refractivity contribution in [1.82, 2.24) is 0 Å². The fraction of sp³-hybridized carbons (Fsp3) is 0.955. The molecule has 0 amide bonds. The van der Waals surface area contributed by atoms with E-state index in [1.54, 1.807) is 0 Å². The second-order valence-electron chi connectivity index (χ2n) is 10.3. The molecule has 4 aliphatic rings. The smallest absolute Gasteiger partial charge is 0.118 e. The molecule has 0 saturated heterocycles. The number of aliphatic hydroxyl groups excluding tert-OH is 2. The first-order valence-electron chi connectivity index (χ1n) is 11.1. The van der Waals surface area contributed by atoms with Crippen LogP contribution >= 0.6 is 0 Å². The molecule has 4 fully saturated rings. The highest BCUT2D eigenvalue weighted by molar-refractivity contribution is 5.85. The summed E-state index contributed by atoms with van der Waals surface area (Å²) in [6.07, 6.45) is 8.69. The lowest BCUT2D eigenvalue weighted by molar-refractivity contribution is -0.153. The topological polar surface area (TPSA) is 88.1 Å². The van der Waals surface area contributed by atoms with Crippen LogP contribution in [0.1, 0.15) is 71.6 Å². The third-order valence-corrected chi connectivity index (χ3v) is 9.10. The predicted octanol–water partition coefficient (Wildman–Crippen LogP) is 3.08. The van der Waals surface area contributed by atoms with Crippen LogP contribution in [0.4, 0.5) is 0 Å². The second kappa shape index (κ2) is 7.31. The highest BCUT2D eigenvalue weighted by Crippen LogP contribution is 2.65. The van der Waals surface area contributed by atoms with E-state index in [-0.39, 0.29) is 23.0 Å². The highest BCUT2D eigenvalue weighted by atomic mass is 16.6. The highest BCUT2D eigenvalue weighted by Gasteiger charge is 2.61. The van der Waals surface area contributed by atoms with E-state index in [1.807, 2.05) is 0 Å². The van der Waals surface area contributed by atoms with Crippen LogP contribution in [-0.2, 0) is 4.84 Å². The van der Waals surface area contributed by atoms with E-state index in [4.69, 9.17) is 10.6 Å². The Morgan fingerprint density at radius 3 is 2.63 bits per heavy atom. The van der Waals surface area contributed by atoms with Crippen molar-refractivity contribution in [1.29, 1.82) is 0 Å². The maximum Gasteiger partial charge on any atom is 0.118 e. The summed E-state index contributed by atoms with van der Waals surface area (Å²) in [6.45, 7) is 5.94. The third kappa shape index (κ3) is 3.14. The zero-order valence-corrected chi connectivity index (χ0v) is 17.1. The van der Waals surface area contributed by atoms with Gasteiger partial charge in [0.1, 0.15) is 6.61 Å². The van der Waals surface area contributed by atoms with Gasteiger partial charge in [-0.25, -0.2) is 0 Å². The fourth-order valence-electron chi connectivity index (χ4n) is 7.44. The molecular weight excluding hydrogens is 340 g/mol. The Bertz CT molecular complexity index is 582. The van der Waals surface area contributed by atoms with E-state index < -0.39 is 0 Å². The Labute approximate surface area is 163 Å². The second-order valence-corrected chi connectivity index (χ2v) is 10.3. The van der Waals surface area contributed by atoms with Crippen molar-refractivity contribution >= 4 is 5.71 Å². The molecule has 0 aromatic carbocycles. The van der Waals surface area contributed by atoms with Crippen LogP contribution in [0.15, 0.2) is 5.16 Å². The summed E-state index contributed by atoms with van der Waals surface area (Å²) >= 11 is 0. The van der Waals surface area contributed by atoms with Gasteiger partial charge in [0.15, 0.2) is 0 Å². The SMILES string of the molecule is C[C@]12CC/C(=N\OCCCN)C[C@H]1[C@@H](O)C[C@@H]1[C@@H]2CC[C@]2(C)[C@@H](O)CC[C@@H]12. The average molecular weight is 379 g/mol. The zero-order chi connectivity index (χ0) is 19.2. The van der Waals surface area contributed by atoms with Crippen LogP contribution < -0.4 is 5.73 Å². The van der Waals surface area contributed by atoms with Crippen molar-refractivity contribution < 1.29 is 15.1 Å². The molecule has 27 heavy (non-hydrogen) atoms. The normalized spacial score (nSPS) is 50.8. The van der Waals surface area contributed by atoms with Gasteiger partial charge in [-0.1, -0.05) is 19.0 Å². The molecule has 5 heteroatoms. The molecule has 4 aliphatic carbocycles. The quantitative estimate of drug-likeness (QED) is 0.518. The van der Waals surface area contributed by atoms with Crippen LogP contribution in [-0.4, -0.2) is 41.3 Å². The van der Waals surface area contributed by atoms with Gasteiger partial charge in [-0.15, -0.1) is 0 Å². The molecule has 0 radical (unpaired) electrons. The third-order valence-electron chi connectivity index (χ3n) is 9.10. The molecule has 4 rings (SSSR count). The molecule has 0 heterocycles. The van der Waals surface area contributed by atoms with Crippen LogP contribution in [0.2, 0.25) is 0 Å². The number of nitrogens with two attached hydrogens (primary N) is 1. The lowest BCUT2D eigenvalue weighted by Crippen LogP contribution is -2.58. The lowest BCUT2D eigenvalue weighted by atomic mass is 9.44. The minimum absolute atomic E-state index is 0.0716. The summed E-state index contributed by atoms with van der Waals surface area (Å²) in [6, 6.07) is 0. The van der Waals surface area contributed by atoms with Gasteiger partial charge in [0.25, 0.3) is 0 Å². The average Bonchev–Trinajstić information content (AvgIpc) is 2.95. The summed E-state index contributed by atoms with van der Waals surface area (Å²) in [5.74, 6) is 2.11. The molecule has 0 aromatic rings. The molecule has 0 spiro atoms. The Morgan fingerprint density at radius 2 is 1.85 bits per heavy atom. The summed E-state index contributed by atoms with van der Waals surface area (Å²) in [5, 5.41) is 26.1. The van der Waals surface area contributed by atoms with Crippen LogP contribution in [0.5, 0.6) is 0 Å². The van der Waals surface area contributed by atoms with Crippen molar-refractivity contribution in [3.05, 3.63) is 0 Å². The molecule has 0 unspecified atom stereocenters. The summed E-state index contributed by atoms with van der Waals surface area (Å²) in [5.41, 5.74) is 6.88. The maximum absolute atomic E-state index is 11.1. The molecule has 0 aromatic heterocycles. The molecule has 0 aliphatic heterocycles. The van der Waals surface area contributed by atoms with Crippen LogP contribution in [0, 0.1) is 34.5 Å². The van der Waals surface area contributed by atoms with Crippen molar-refractivity contribution in [2.45, 2.75) is 83.8 Å². The monoisotopic (exact) mass is 378 g/mol. The minimum atomic E-state index is -0.258. The Hall–Kier alpha value is -0.650. The molecule has 154 valence electrons. The Balaban J connectivity index is 1.51. The molecule has 5 nitrogen and oxygen atoms in total. The van der Waals surface area contributed by atoms with Crippen molar-refractivity contribution in [3.63, 3.8) is 0 Å². The van der Waals surface area contributed by atoms with Gasteiger partial charge in [0.2, 0.25) is 0 Å². The zero-order valence-electron chi connectivity index (χ0n) is 17.1. The van der Waals surface area contributed by atoms with Crippen LogP contribution in [0.3, 0.4) is 0 Å². The largest absolute Gasteiger partial charge is 0.396 e. The van der Waals surface area contributed by atoms with E-state index in [9.17, 15) is 10.2 Å². The van der Waals surface area contributed by atoms with Gasteiger partial charge >= 0.3 is 0 Å². The van der Waals surface area contributed by atoms with Gasteiger partial charge in [0.05, 0.1) is 17.9 Å². The molecule has 4 saturated carbocycles.